The summed E-state index contributed by atoms with van der Waals surface area (Å²) >= 11 is 13.1. The zero-order chi connectivity index (χ0) is 36.7. The number of hydrogen-bond donors (Lipinski definition) is 1. The zero-order valence-electron chi connectivity index (χ0n) is 29.0. The van der Waals surface area contributed by atoms with Crippen molar-refractivity contribution in [1.82, 2.24) is 29.7 Å². The number of methoxy groups -OCH3 is 1. The second-order valence-electron chi connectivity index (χ2n) is 14.5. The van der Waals surface area contributed by atoms with Gasteiger partial charge in [-0.25, -0.2) is 24.1 Å². The standard InChI is InChI=1S/C39H34Cl2FN9O2/c1-19-26-12-30(37-22-9-24(50(37)39(52)53-2)18-49(17-22)31-16-45-23(13-44)15-47-31)51(36-21-11-29(36)46-14-21)38(26)27-10-20(5-4-8-43)32(34(42)35(27)48-19)25-6-3-7-28(40)33(25)41/h3,6-7,10,12,15-16,21-22,24,29,36-37,46H,4-5,9,11,14,17-18H2,1-2H3/t21-,22+,24-,29-,36+,37-/m1/s1. The van der Waals surface area contributed by atoms with Crippen molar-refractivity contribution in [2.24, 2.45) is 11.8 Å². The van der Waals surface area contributed by atoms with Crippen LogP contribution in [-0.4, -0.2) is 69.3 Å². The first-order valence-corrected chi connectivity index (χ1v) is 18.5. The molecule has 268 valence electrons. The van der Waals surface area contributed by atoms with Gasteiger partial charge in [-0.05, 0) is 55.9 Å². The highest BCUT2D eigenvalue weighted by atomic mass is 35.5. The van der Waals surface area contributed by atoms with Crippen LogP contribution in [0.4, 0.5) is 15.0 Å². The largest absolute Gasteiger partial charge is 0.453 e. The highest BCUT2D eigenvalue weighted by Gasteiger charge is 2.54. The molecule has 5 fully saturated rings. The Morgan fingerprint density at radius 1 is 1.11 bits per heavy atom. The molecule has 0 radical (unpaired) electrons. The molecule has 1 amide bonds. The third kappa shape index (κ3) is 5.14. The number of fused-ring (bicyclic) bond motifs is 6. The van der Waals surface area contributed by atoms with Crippen LogP contribution in [0.15, 0.2) is 42.7 Å². The van der Waals surface area contributed by atoms with Gasteiger partial charge in [-0.3, -0.25) is 4.90 Å². The summed E-state index contributed by atoms with van der Waals surface area (Å²) in [4.78, 5) is 31.5. The van der Waals surface area contributed by atoms with E-state index >= 15 is 4.39 Å². The number of nitrogens with zero attached hydrogens (tertiary/aromatic N) is 8. The van der Waals surface area contributed by atoms with Crippen LogP contribution in [0.25, 0.3) is 32.9 Å². The number of hydrogen-bond acceptors (Lipinski definition) is 9. The molecule has 6 atom stereocenters. The van der Waals surface area contributed by atoms with Crippen LogP contribution >= 0.6 is 23.2 Å². The Balaban J connectivity index is 1.28. The van der Waals surface area contributed by atoms with Crippen LogP contribution in [0.2, 0.25) is 10.0 Å². The van der Waals surface area contributed by atoms with E-state index in [4.69, 9.17) is 32.9 Å². The minimum Gasteiger partial charge on any atom is -0.453 e. The number of aryl methyl sites for hydroxylation is 2. The first-order chi connectivity index (χ1) is 25.7. The minimum atomic E-state index is -0.513. The number of pyridine rings is 1. The number of aromatic nitrogens is 4. The van der Waals surface area contributed by atoms with Crippen LogP contribution in [0.3, 0.4) is 0 Å². The van der Waals surface area contributed by atoms with Gasteiger partial charge >= 0.3 is 6.09 Å². The predicted octanol–water partition coefficient (Wildman–Crippen LogP) is 7.28. The Morgan fingerprint density at radius 3 is 2.66 bits per heavy atom. The van der Waals surface area contributed by atoms with Gasteiger partial charge in [0.05, 0.1) is 59.3 Å². The molecule has 3 aromatic heterocycles. The fourth-order valence-corrected chi connectivity index (χ4v) is 9.94. The number of halogens is 3. The summed E-state index contributed by atoms with van der Waals surface area (Å²) in [6.07, 6.45) is 4.96. The van der Waals surface area contributed by atoms with E-state index in [1.165, 1.54) is 13.3 Å². The lowest BCUT2D eigenvalue weighted by Crippen LogP contribution is -2.45. The van der Waals surface area contributed by atoms with E-state index in [9.17, 15) is 15.3 Å². The Hall–Kier alpha value is -5.01. The summed E-state index contributed by atoms with van der Waals surface area (Å²) < 4.78 is 25.1. The molecule has 1 saturated carbocycles. The number of likely N-dealkylation sites (tertiary alicyclic amines) is 1. The number of rotatable bonds is 6. The van der Waals surface area contributed by atoms with Gasteiger partial charge in [0.2, 0.25) is 0 Å². The molecule has 53 heavy (non-hydrogen) atoms. The Kier molecular flexibility index (Phi) is 8.19. The minimum absolute atomic E-state index is 0.0121. The molecule has 5 aliphatic rings. The van der Waals surface area contributed by atoms with E-state index in [1.54, 1.807) is 24.4 Å². The first-order valence-electron chi connectivity index (χ1n) is 17.8. The second kappa shape index (κ2) is 12.8. The molecule has 0 unspecified atom stereocenters. The fraction of sp³-hybridized carbons (Fsp3) is 0.385. The molecule has 10 rings (SSSR count). The van der Waals surface area contributed by atoms with Crippen LogP contribution in [-0.2, 0) is 11.2 Å². The maximum absolute atomic E-state index is 17.2. The zero-order valence-corrected chi connectivity index (χ0v) is 30.5. The van der Waals surface area contributed by atoms with Crippen molar-refractivity contribution in [3.8, 4) is 23.3 Å². The van der Waals surface area contributed by atoms with E-state index in [0.717, 1.165) is 36.0 Å². The van der Waals surface area contributed by atoms with Gasteiger partial charge in [-0.15, -0.1) is 0 Å². The number of amides is 1. The molecule has 11 nitrogen and oxygen atoms in total. The monoisotopic (exact) mass is 749 g/mol. The average Bonchev–Trinajstić information content (AvgIpc) is 3.95. The lowest BCUT2D eigenvalue weighted by atomic mass is 9.79. The van der Waals surface area contributed by atoms with Crippen molar-refractivity contribution >= 4 is 56.9 Å². The van der Waals surface area contributed by atoms with Gasteiger partial charge in [-0.2, -0.15) is 10.5 Å². The Labute approximate surface area is 314 Å². The third-order valence-electron chi connectivity index (χ3n) is 11.8. The van der Waals surface area contributed by atoms with Crippen molar-refractivity contribution in [3.63, 3.8) is 0 Å². The number of benzene rings is 2. The second-order valence-corrected chi connectivity index (χ2v) is 15.3. The van der Waals surface area contributed by atoms with Gasteiger partial charge in [0.15, 0.2) is 11.5 Å². The maximum Gasteiger partial charge on any atom is 0.410 e. The molecular formula is C39H34Cl2FN9O2. The van der Waals surface area contributed by atoms with Gasteiger partial charge in [-0.1, -0.05) is 35.3 Å². The van der Waals surface area contributed by atoms with E-state index in [0.29, 0.717) is 64.0 Å². The van der Waals surface area contributed by atoms with Gasteiger partial charge in [0, 0.05) is 71.3 Å². The predicted molar refractivity (Wildman–Crippen MR) is 198 cm³/mol. The Bertz CT molecular complexity index is 2410. The van der Waals surface area contributed by atoms with Gasteiger partial charge < -0.3 is 19.5 Å². The van der Waals surface area contributed by atoms with Crippen molar-refractivity contribution in [2.45, 2.75) is 56.8 Å². The average molecular weight is 751 g/mol. The number of ether oxygens (including phenoxy) is 1. The molecule has 0 spiro atoms. The number of anilines is 1. The molecule has 5 aromatic rings. The van der Waals surface area contributed by atoms with Crippen LogP contribution in [0, 0.1) is 47.2 Å². The van der Waals surface area contributed by atoms with Crippen LogP contribution < -0.4 is 10.2 Å². The number of nitrogens with one attached hydrogen (secondary N) is 1. The van der Waals surface area contributed by atoms with Crippen LogP contribution in [0.5, 0.6) is 0 Å². The van der Waals surface area contributed by atoms with Crippen LogP contribution in [0.1, 0.15) is 54.0 Å². The van der Waals surface area contributed by atoms with Crippen molar-refractivity contribution in [1.29, 1.82) is 10.5 Å². The highest BCUT2D eigenvalue weighted by molar-refractivity contribution is 6.43. The summed E-state index contributed by atoms with van der Waals surface area (Å²) in [6, 6.07) is 13.3. The number of nitriles is 2. The highest BCUT2D eigenvalue weighted by Crippen LogP contribution is 2.53. The molecule has 4 bridgehead atoms. The van der Waals surface area contributed by atoms with E-state index in [-0.39, 0.29) is 52.7 Å². The fourth-order valence-electron chi connectivity index (χ4n) is 9.55. The van der Waals surface area contributed by atoms with Crippen molar-refractivity contribution in [3.05, 3.63) is 81.2 Å². The third-order valence-corrected chi connectivity index (χ3v) is 12.6. The quantitative estimate of drug-likeness (QED) is 0.190. The molecule has 7 heterocycles. The maximum atomic E-state index is 17.2. The van der Waals surface area contributed by atoms with Gasteiger partial charge in [0.25, 0.3) is 0 Å². The number of carbonyl (C=O) groups is 1. The van der Waals surface area contributed by atoms with E-state index in [2.05, 4.69) is 36.9 Å². The van der Waals surface area contributed by atoms with Crippen molar-refractivity contribution in [2.75, 3.05) is 31.6 Å². The molecule has 4 saturated heterocycles. The number of piperidine rings is 1. The topological polar surface area (TPSA) is 136 Å². The van der Waals surface area contributed by atoms with E-state index < -0.39 is 11.9 Å². The summed E-state index contributed by atoms with van der Waals surface area (Å²) in [5.74, 6) is 0.509. The first kappa shape index (κ1) is 33.8. The van der Waals surface area contributed by atoms with E-state index in [1.807, 2.05) is 24.0 Å². The normalized spacial score (nSPS) is 24.4. The summed E-state index contributed by atoms with van der Waals surface area (Å²) in [5.41, 5.74) is 4.34. The summed E-state index contributed by atoms with van der Waals surface area (Å²) in [5, 5.41) is 24.7. The SMILES string of the molecule is COC(=O)N1[C@@H]2C[C@@H](CN(c3cnc(C#N)cn3)C2)[C@@H]1c1cc2c(C)nc3c(F)c(-c4cccc(Cl)c4Cl)c(CCC#N)cc3c2n1[C@H]1[C@H]2CN[C@@H]1C2. The number of carbonyl (C=O) groups excluding carboxylic acids is 1. The Morgan fingerprint density at radius 2 is 1.96 bits per heavy atom. The molecule has 4 aliphatic heterocycles. The lowest BCUT2D eigenvalue weighted by molar-refractivity contribution is 0.0995. The smallest absolute Gasteiger partial charge is 0.410 e. The molecule has 1 N–H and O–H groups in total. The van der Waals surface area contributed by atoms with Gasteiger partial charge in [0.1, 0.15) is 17.4 Å². The molecular weight excluding hydrogens is 716 g/mol. The molecule has 2 aromatic carbocycles. The summed E-state index contributed by atoms with van der Waals surface area (Å²) in [7, 11) is 1.41. The van der Waals surface area contributed by atoms with Crippen molar-refractivity contribution < 1.29 is 13.9 Å². The molecule has 1 aliphatic carbocycles. The molecule has 14 heteroatoms. The lowest BCUT2D eigenvalue weighted by Gasteiger charge is -2.40. The summed E-state index contributed by atoms with van der Waals surface area (Å²) in [6.45, 7) is 3.92.